The van der Waals surface area contributed by atoms with Crippen molar-refractivity contribution >= 4 is 35.0 Å². The molecule has 1 aliphatic heterocycles. The lowest BCUT2D eigenvalue weighted by Gasteiger charge is -2.13. The summed E-state index contributed by atoms with van der Waals surface area (Å²) in [7, 11) is 0. The second-order valence-electron chi connectivity index (χ2n) is 5.62. The third kappa shape index (κ3) is 3.16. The molecule has 122 valence electrons. The average Bonchev–Trinajstić information content (AvgIpc) is 2.76. The molecule has 0 unspecified atom stereocenters. The summed E-state index contributed by atoms with van der Waals surface area (Å²) in [5, 5.41) is 3.15. The van der Waals surface area contributed by atoms with Crippen LogP contribution in [0.3, 0.4) is 0 Å². The average molecular weight is 343 g/mol. The largest absolute Gasteiger partial charge is 0.326 e. The van der Waals surface area contributed by atoms with Gasteiger partial charge in [0.05, 0.1) is 11.1 Å². The van der Waals surface area contributed by atoms with E-state index >= 15 is 0 Å². The van der Waals surface area contributed by atoms with Gasteiger partial charge in [0.15, 0.2) is 0 Å². The molecule has 0 bridgehead atoms. The molecule has 3 rings (SSSR count). The highest BCUT2D eigenvalue weighted by atomic mass is 35.5. The molecule has 2 aromatic rings. The van der Waals surface area contributed by atoms with Gasteiger partial charge in [-0.1, -0.05) is 23.7 Å². The summed E-state index contributed by atoms with van der Waals surface area (Å²) in [5.74, 6) is -1.06. The van der Waals surface area contributed by atoms with E-state index in [0.717, 1.165) is 10.5 Å². The van der Waals surface area contributed by atoms with Crippen molar-refractivity contribution in [2.24, 2.45) is 0 Å². The Kier molecular flexibility index (Phi) is 4.36. The number of halogens is 1. The zero-order valence-electron chi connectivity index (χ0n) is 13.0. The molecule has 0 fully saturated rings. The molecule has 0 spiro atoms. The number of nitrogens with one attached hydrogen (secondary N) is 1. The summed E-state index contributed by atoms with van der Waals surface area (Å²) < 4.78 is 0. The Labute approximate surface area is 144 Å². The Morgan fingerprint density at radius 3 is 2.58 bits per heavy atom. The highest BCUT2D eigenvalue weighted by Gasteiger charge is 2.35. The fourth-order valence-electron chi connectivity index (χ4n) is 2.63. The molecule has 0 radical (unpaired) electrons. The third-order valence-electron chi connectivity index (χ3n) is 3.80. The number of nitrogens with zero attached hydrogens (tertiary/aromatic N) is 1. The molecule has 0 aliphatic carbocycles. The first-order valence-electron chi connectivity index (χ1n) is 7.48. The van der Waals surface area contributed by atoms with Crippen LogP contribution in [0, 0.1) is 6.92 Å². The number of carbonyl (C=O) groups is 3. The second-order valence-corrected chi connectivity index (χ2v) is 6.06. The lowest BCUT2D eigenvalue weighted by atomic mass is 10.1. The van der Waals surface area contributed by atoms with Crippen LogP contribution in [-0.4, -0.2) is 29.2 Å². The second kappa shape index (κ2) is 6.45. The lowest BCUT2D eigenvalue weighted by Crippen LogP contribution is -2.32. The number of carbonyl (C=O) groups excluding carboxylic acids is 3. The van der Waals surface area contributed by atoms with E-state index in [-0.39, 0.29) is 24.4 Å². The van der Waals surface area contributed by atoms with Crippen LogP contribution in [0.5, 0.6) is 0 Å². The van der Waals surface area contributed by atoms with Crippen LogP contribution in [0.4, 0.5) is 5.69 Å². The zero-order chi connectivity index (χ0) is 17.3. The predicted molar refractivity (Wildman–Crippen MR) is 91.2 cm³/mol. The Morgan fingerprint density at radius 2 is 1.83 bits per heavy atom. The van der Waals surface area contributed by atoms with Gasteiger partial charge in [-0.25, -0.2) is 0 Å². The van der Waals surface area contributed by atoms with E-state index in [1.807, 2.05) is 25.1 Å². The maximum atomic E-state index is 12.3. The van der Waals surface area contributed by atoms with E-state index in [2.05, 4.69) is 5.32 Å². The topological polar surface area (TPSA) is 66.5 Å². The molecule has 0 atom stereocenters. The van der Waals surface area contributed by atoms with Gasteiger partial charge in [-0.3, -0.25) is 19.3 Å². The summed E-state index contributed by atoms with van der Waals surface area (Å²) in [5.41, 5.74) is 2.33. The number of hydrogen-bond donors (Lipinski definition) is 1. The molecular weight excluding hydrogens is 328 g/mol. The molecule has 1 N–H and O–H groups in total. The van der Waals surface area contributed by atoms with E-state index in [4.69, 9.17) is 11.6 Å². The SMILES string of the molecule is Cc1cccc(NC(=O)CCN2C(=O)c3ccc(Cl)cc3C2=O)c1. The molecule has 0 aromatic heterocycles. The van der Waals surface area contributed by atoms with Gasteiger partial charge < -0.3 is 5.32 Å². The molecule has 5 nitrogen and oxygen atoms in total. The molecule has 1 aliphatic rings. The maximum absolute atomic E-state index is 12.3. The number of imide groups is 1. The summed E-state index contributed by atoms with van der Waals surface area (Å²) >= 11 is 5.87. The smallest absolute Gasteiger partial charge is 0.261 e. The van der Waals surface area contributed by atoms with E-state index in [9.17, 15) is 14.4 Å². The minimum absolute atomic E-state index is 0.0294. The van der Waals surface area contributed by atoms with Crippen LogP contribution in [0.2, 0.25) is 5.02 Å². The van der Waals surface area contributed by atoms with Crippen molar-refractivity contribution in [2.75, 3.05) is 11.9 Å². The van der Waals surface area contributed by atoms with Crippen LogP contribution in [0.1, 0.15) is 32.7 Å². The van der Waals surface area contributed by atoms with E-state index in [1.54, 1.807) is 12.1 Å². The molecular formula is C18H15ClN2O3. The number of anilines is 1. The number of fused-ring (bicyclic) bond motifs is 1. The first-order chi connectivity index (χ1) is 11.5. The number of rotatable bonds is 4. The number of benzene rings is 2. The van der Waals surface area contributed by atoms with Crippen molar-refractivity contribution in [3.8, 4) is 0 Å². The van der Waals surface area contributed by atoms with Crippen molar-refractivity contribution < 1.29 is 14.4 Å². The molecule has 1 heterocycles. The Bertz CT molecular complexity index is 848. The number of amides is 3. The zero-order valence-corrected chi connectivity index (χ0v) is 13.8. The van der Waals surface area contributed by atoms with E-state index < -0.39 is 11.8 Å². The monoisotopic (exact) mass is 342 g/mol. The van der Waals surface area contributed by atoms with Crippen LogP contribution >= 0.6 is 11.6 Å². The van der Waals surface area contributed by atoms with Crippen molar-refractivity contribution in [2.45, 2.75) is 13.3 Å². The Balaban J connectivity index is 1.64. The molecule has 2 aromatic carbocycles. The summed E-state index contributed by atoms with van der Waals surface area (Å²) in [6.45, 7) is 1.96. The van der Waals surface area contributed by atoms with Gasteiger partial charge in [-0.2, -0.15) is 0 Å². The predicted octanol–water partition coefficient (Wildman–Crippen LogP) is 3.27. The van der Waals surface area contributed by atoms with Crippen LogP contribution in [-0.2, 0) is 4.79 Å². The third-order valence-corrected chi connectivity index (χ3v) is 4.03. The minimum Gasteiger partial charge on any atom is -0.326 e. The van der Waals surface area contributed by atoms with Crippen LogP contribution in [0.25, 0.3) is 0 Å². The van der Waals surface area contributed by atoms with Gasteiger partial charge in [-0.15, -0.1) is 0 Å². The highest BCUT2D eigenvalue weighted by Crippen LogP contribution is 2.25. The van der Waals surface area contributed by atoms with Gasteiger partial charge in [-0.05, 0) is 42.8 Å². The van der Waals surface area contributed by atoms with Gasteiger partial charge in [0.1, 0.15) is 0 Å². The fraction of sp³-hybridized carbons (Fsp3) is 0.167. The van der Waals surface area contributed by atoms with Crippen molar-refractivity contribution in [3.05, 3.63) is 64.2 Å². The van der Waals surface area contributed by atoms with Gasteiger partial charge in [0.25, 0.3) is 11.8 Å². The molecule has 0 saturated heterocycles. The fourth-order valence-corrected chi connectivity index (χ4v) is 2.80. The van der Waals surface area contributed by atoms with E-state index in [1.165, 1.54) is 12.1 Å². The van der Waals surface area contributed by atoms with Crippen molar-refractivity contribution in [1.82, 2.24) is 4.90 Å². The summed E-state index contributed by atoms with van der Waals surface area (Å²) in [6.07, 6.45) is 0.0349. The molecule has 0 saturated carbocycles. The van der Waals surface area contributed by atoms with E-state index in [0.29, 0.717) is 16.3 Å². The normalized spacial score (nSPS) is 13.2. The van der Waals surface area contributed by atoms with Gasteiger partial charge in [0, 0.05) is 23.7 Å². The molecule has 24 heavy (non-hydrogen) atoms. The van der Waals surface area contributed by atoms with Crippen LogP contribution < -0.4 is 5.32 Å². The summed E-state index contributed by atoms with van der Waals surface area (Å²) in [4.78, 5) is 37.7. The first-order valence-corrected chi connectivity index (χ1v) is 7.86. The summed E-state index contributed by atoms with van der Waals surface area (Å²) in [6, 6.07) is 12.0. The number of hydrogen-bond acceptors (Lipinski definition) is 3. The first kappa shape index (κ1) is 16.2. The molecule has 3 amide bonds. The maximum Gasteiger partial charge on any atom is 0.261 e. The molecule has 6 heteroatoms. The lowest BCUT2D eigenvalue weighted by molar-refractivity contribution is -0.116. The number of aryl methyl sites for hydroxylation is 1. The van der Waals surface area contributed by atoms with Crippen molar-refractivity contribution in [1.29, 1.82) is 0 Å². The van der Waals surface area contributed by atoms with Crippen molar-refractivity contribution in [3.63, 3.8) is 0 Å². The minimum atomic E-state index is -0.416. The standard InChI is InChI=1S/C18H15ClN2O3/c1-11-3-2-4-13(9-11)20-16(22)7-8-21-17(23)14-6-5-12(19)10-15(14)18(21)24/h2-6,9-10H,7-8H2,1H3,(H,20,22). The Hall–Kier alpha value is -2.66. The van der Waals surface area contributed by atoms with Gasteiger partial charge >= 0.3 is 0 Å². The van der Waals surface area contributed by atoms with Crippen LogP contribution in [0.15, 0.2) is 42.5 Å². The Morgan fingerprint density at radius 1 is 1.08 bits per heavy atom. The highest BCUT2D eigenvalue weighted by molar-refractivity contribution is 6.32. The quantitative estimate of drug-likeness (QED) is 0.867. The van der Waals surface area contributed by atoms with Gasteiger partial charge in [0.2, 0.25) is 5.91 Å².